The topological polar surface area (TPSA) is 117 Å². The van der Waals surface area contributed by atoms with E-state index in [1.165, 1.54) is 10.9 Å². The smallest absolute Gasteiger partial charge is 0.358 e. The van der Waals surface area contributed by atoms with E-state index in [4.69, 9.17) is 5.11 Å². The largest absolute Gasteiger partial charge is 0.476 e. The van der Waals surface area contributed by atoms with Gasteiger partial charge in [0, 0.05) is 17.9 Å². The summed E-state index contributed by atoms with van der Waals surface area (Å²) in [6.45, 7) is 1.93. The monoisotopic (exact) mass is 389 g/mol. The molecular weight excluding hydrogens is 370 g/mol. The van der Waals surface area contributed by atoms with Crippen molar-refractivity contribution in [3.05, 3.63) is 36.2 Å². The zero-order valence-corrected chi connectivity index (χ0v) is 15.5. The lowest BCUT2D eigenvalue weighted by Gasteiger charge is -2.23. The van der Waals surface area contributed by atoms with Gasteiger partial charge in [0.15, 0.2) is 5.69 Å². The molecule has 1 unspecified atom stereocenters. The van der Waals surface area contributed by atoms with Crippen molar-refractivity contribution >= 4 is 35.2 Å². The average molecular weight is 389 g/mol. The van der Waals surface area contributed by atoms with E-state index in [1.807, 2.05) is 6.92 Å². The van der Waals surface area contributed by atoms with E-state index in [-0.39, 0.29) is 17.5 Å². The summed E-state index contributed by atoms with van der Waals surface area (Å²) in [5, 5.41) is 19.1. The van der Waals surface area contributed by atoms with Crippen LogP contribution in [0.15, 0.2) is 30.5 Å². The third-order valence-corrected chi connectivity index (χ3v) is 5.07. The highest BCUT2D eigenvalue weighted by Gasteiger charge is 2.34. The Morgan fingerprint density at radius 1 is 1.37 bits per heavy atom. The molecule has 0 aliphatic carbocycles. The molecule has 0 saturated carbocycles. The van der Waals surface area contributed by atoms with Crippen LogP contribution in [0.5, 0.6) is 0 Å². The fourth-order valence-corrected chi connectivity index (χ4v) is 3.88. The molecule has 1 atom stereocenters. The molecule has 2 aromatic rings. The Kier molecular flexibility index (Phi) is 5.75. The van der Waals surface area contributed by atoms with Crippen molar-refractivity contribution in [2.45, 2.75) is 25.8 Å². The summed E-state index contributed by atoms with van der Waals surface area (Å²) >= 11 is 1.56. The molecule has 1 aliphatic rings. The van der Waals surface area contributed by atoms with Gasteiger partial charge in [-0.3, -0.25) is 9.59 Å². The number of carboxylic acid groups (broad SMARTS) is 1. The zero-order chi connectivity index (χ0) is 19.4. The number of benzene rings is 1. The van der Waals surface area contributed by atoms with E-state index in [9.17, 15) is 14.4 Å². The lowest BCUT2D eigenvalue weighted by Crippen LogP contribution is -2.44. The molecule has 1 fully saturated rings. The molecule has 9 nitrogen and oxygen atoms in total. The summed E-state index contributed by atoms with van der Waals surface area (Å²) in [5.74, 6) is -0.340. The van der Waals surface area contributed by atoms with Gasteiger partial charge < -0.3 is 15.3 Å². The Morgan fingerprint density at radius 3 is 2.89 bits per heavy atom. The van der Waals surface area contributed by atoms with Crippen molar-refractivity contribution < 1.29 is 19.5 Å². The lowest BCUT2D eigenvalue weighted by molar-refractivity contribution is -0.136. The molecule has 142 valence electrons. The molecule has 3 rings (SSSR count). The Labute approximate surface area is 159 Å². The van der Waals surface area contributed by atoms with Crippen molar-refractivity contribution in [3.8, 4) is 5.69 Å². The predicted molar refractivity (Wildman–Crippen MR) is 99.8 cm³/mol. The Morgan fingerprint density at radius 2 is 2.19 bits per heavy atom. The van der Waals surface area contributed by atoms with Gasteiger partial charge in [0.1, 0.15) is 6.04 Å². The van der Waals surface area contributed by atoms with Gasteiger partial charge in [-0.15, -0.1) is 16.9 Å². The molecule has 2 N–H and O–H groups in total. The number of hydrogen-bond acceptors (Lipinski definition) is 6. The predicted octanol–water partition coefficient (Wildman–Crippen LogP) is 1.61. The van der Waals surface area contributed by atoms with Crippen LogP contribution in [0.3, 0.4) is 0 Å². The van der Waals surface area contributed by atoms with Gasteiger partial charge in [0.05, 0.1) is 17.8 Å². The van der Waals surface area contributed by atoms with Crippen molar-refractivity contribution in [1.29, 1.82) is 0 Å². The highest BCUT2D eigenvalue weighted by molar-refractivity contribution is 7.99. The molecule has 1 saturated heterocycles. The second-order valence-corrected chi connectivity index (χ2v) is 7.02. The van der Waals surface area contributed by atoms with Crippen LogP contribution >= 0.6 is 11.8 Å². The van der Waals surface area contributed by atoms with Crippen molar-refractivity contribution in [2.24, 2.45) is 0 Å². The maximum absolute atomic E-state index is 12.6. The summed E-state index contributed by atoms with van der Waals surface area (Å²) in [6.07, 6.45) is 2.46. The van der Waals surface area contributed by atoms with Crippen LogP contribution in [0.2, 0.25) is 0 Å². The number of carbonyl (C=O) groups is 3. The maximum atomic E-state index is 12.6. The van der Waals surface area contributed by atoms with Crippen LogP contribution in [-0.4, -0.2) is 60.5 Å². The molecule has 1 aromatic heterocycles. The second kappa shape index (κ2) is 8.21. The zero-order valence-electron chi connectivity index (χ0n) is 14.7. The molecule has 1 aliphatic heterocycles. The van der Waals surface area contributed by atoms with E-state index in [0.717, 1.165) is 6.42 Å². The lowest BCUT2D eigenvalue weighted by atomic mass is 10.2. The molecular formula is C17H19N5O4S. The van der Waals surface area contributed by atoms with E-state index in [1.54, 1.807) is 40.9 Å². The first-order chi connectivity index (χ1) is 13.0. The van der Waals surface area contributed by atoms with Gasteiger partial charge in [-0.1, -0.05) is 18.2 Å². The number of carboxylic acids is 1. The molecule has 27 heavy (non-hydrogen) atoms. The summed E-state index contributed by atoms with van der Waals surface area (Å²) in [4.78, 5) is 37.4. The third kappa shape index (κ3) is 4.27. The van der Waals surface area contributed by atoms with Crippen LogP contribution in [0, 0.1) is 0 Å². The van der Waals surface area contributed by atoms with Crippen LogP contribution in [-0.2, 0) is 9.59 Å². The summed E-state index contributed by atoms with van der Waals surface area (Å²) in [7, 11) is 0. The second-order valence-electron chi connectivity index (χ2n) is 6.02. The number of amides is 2. The fourth-order valence-electron chi connectivity index (χ4n) is 2.70. The van der Waals surface area contributed by atoms with Crippen LogP contribution < -0.4 is 5.32 Å². The molecule has 2 heterocycles. The summed E-state index contributed by atoms with van der Waals surface area (Å²) in [5.41, 5.74) is 0.926. The van der Waals surface area contributed by atoms with Crippen molar-refractivity contribution in [2.75, 3.05) is 16.9 Å². The maximum Gasteiger partial charge on any atom is 0.358 e. The van der Waals surface area contributed by atoms with E-state index in [0.29, 0.717) is 29.4 Å². The molecule has 10 heteroatoms. The van der Waals surface area contributed by atoms with Crippen LogP contribution in [0.25, 0.3) is 5.69 Å². The summed E-state index contributed by atoms with van der Waals surface area (Å²) in [6, 6.07) is 6.33. The van der Waals surface area contributed by atoms with Gasteiger partial charge in [-0.2, -0.15) is 0 Å². The third-order valence-electron chi connectivity index (χ3n) is 4.06. The van der Waals surface area contributed by atoms with E-state index in [2.05, 4.69) is 15.6 Å². The molecule has 0 bridgehead atoms. The highest BCUT2D eigenvalue weighted by atomic mass is 32.2. The standard InChI is InChI=1S/C17H19N5O4S/c1-2-4-15(23)21-10-27-9-14(21)16(24)18-11-5-3-6-12(7-11)22-8-13(17(25)26)19-20-22/h3,5-8,14H,2,4,9-10H2,1H3,(H,18,24)(H,25,26). The first kappa shape index (κ1) is 18.9. The Hall–Kier alpha value is -2.88. The number of aromatic nitrogens is 3. The normalized spacial score (nSPS) is 16.3. The number of carbonyl (C=O) groups excluding carboxylic acids is 2. The number of hydrogen-bond donors (Lipinski definition) is 2. The Bertz CT molecular complexity index is 869. The number of nitrogens with zero attached hydrogens (tertiary/aromatic N) is 4. The highest BCUT2D eigenvalue weighted by Crippen LogP contribution is 2.24. The number of nitrogens with one attached hydrogen (secondary N) is 1. The van der Waals surface area contributed by atoms with E-state index >= 15 is 0 Å². The SMILES string of the molecule is CCCC(=O)N1CSCC1C(=O)Nc1cccc(-n2cc(C(=O)O)nn2)c1. The molecule has 2 amide bonds. The number of anilines is 1. The minimum absolute atomic E-state index is 0.0137. The number of thioether (sulfide) groups is 1. The minimum Gasteiger partial charge on any atom is -0.476 e. The van der Waals surface area contributed by atoms with Crippen molar-refractivity contribution in [3.63, 3.8) is 0 Å². The summed E-state index contributed by atoms with van der Waals surface area (Å²) < 4.78 is 1.32. The number of rotatable bonds is 6. The van der Waals surface area contributed by atoms with Crippen molar-refractivity contribution in [1.82, 2.24) is 19.9 Å². The average Bonchev–Trinajstić information content (AvgIpc) is 3.32. The van der Waals surface area contributed by atoms with Gasteiger partial charge in [0.2, 0.25) is 11.8 Å². The first-order valence-electron chi connectivity index (χ1n) is 8.43. The van der Waals surface area contributed by atoms with Gasteiger partial charge in [-0.25, -0.2) is 9.48 Å². The van der Waals surface area contributed by atoms with Crippen LogP contribution in [0.4, 0.5) is 5.69 Å². The van der Waals surface area contributed by atoms with Gasteiger partial charge in [0.25, 0.3) is 0 Å². The molecule has 1 aromatic carbocycles. The fraction of sp³-hybridized carbons (Fsp3) is 0.353. The first-order valence-corrected chi connectivity index (χ1v) is 9.59. The Balaban J connectivity index is 1.72. The molecule has 0 radical (unpaired) electrons. The van der Waals surface area contributed by atoms with Crippen LogP contribution in [0.1, 0.15) is 30.3 Å². The minimum atomic E-state index is -1.17. The quantitative estimate of drug-likeness (QED) is 0.770. The van der Waals surface area contributed by atoms with Gasteiger partial charge in [-0.05, 0) is 24.6 Å². The number of aromatic carboxylic acids is 1. The van der Waals surface area contributed by atoms with E-state index < -0.39 is 12.0 Å². The molecule has 0 spiro atoms. The van der Waals surface area contributed by atoms with Gasteiger partial charge >= 0.3 is 5.97 Å².